The minimum absolute atomic E-state index is 0.264. The fourth-order valence-corrected chi connectivity index (χ4v) is 1.91. The smallest absolute Gasteiger partial charge is 0.360 e. The number of esters is 1. The average molecular weight is 288 g/mol. The molecule has 16 heavy (non-hydrogen) atoms. The van der Waals surface area contributed by atoms with Gasteiger partial charge in [-0.3, -0.25) is 0 Å². The van der Waals surface area contributed by atoms with Gasteiger partial charge in [-0.2, -0.15) is 5.10 Å². The van der Waals surface area contributed by atoms with E-state index in [9.17, 15) is 4.79 Å². The predicted octanol–water partition coefficient (Wildman–Crippen LogP) is 1.81. The van der Waals surface area contributed by atoms with Crippen LogP contribution in [0.3, 0.4) is 0 Å². The third kappa shape index (κ3) is 2.21. The Hall–Kier alpha value is -1.04. The van der Waals surface area contributed by atoms with Crippen molar-refractivity contribution in [1.29, 1.82) is 0 Å². The minimum Gasteiger partial charge on any atom is -0.461 e. The topological polar surface area (TPSA) is 70.1 Å². The van der Waals surface area contributed by atoms with Crippen LogP contribution in [-0.2, 0) is 11.3 Å². The van der Waals surface area contributed by atoms with Crippen LogP contribution in [-0.4, -0.2) is 22.4 Å². The van der Waals surface area contributed by atoms with E-state index in [1.807, 2.05) is 0 Å². The monoisotopic (exact) mass is 287 g/mol. The van der Waals surface area contributed by atoms with Crippen molar-refractivity contribution >= 4 is 27.7 Å². The first kappa shape index (κ1) is 11.4. The second-order valence-corrected chi connectivity index (χ2v) is 4.69. The van der Waals surface area contributed by atoms with Crippen molar-refractivity contribution in [3.63, 3.8) is 0 Å². The molecule has 1 heterocycles. The largest absolute Gasteiger partial charge is 0.461 e. The standard InChI is InChI=1S/C10H14BrN3O2/c1-2-16-10(15)8-7(11)9(12)14(13-8)5-6-3-4-6/h6H,2-5,12H2,1H3. The van der Waals surface area contributed by atoms with E-state index in [2.05, 4.69) is 21.0 Å². The number of nitrogen functional groups attached to an aromatic ring is 1. The molecular formula is C10H14BrN3O2. The first-order valence-electron chi connectivity index (χ1n) is 5.32. The maximum atomic E-state index is 11.5. The van der Waals surface area contributed by atoms with Crippen LogP contribution in [0.5, 0.6) is 0 Å². The van der Waals surface area contributed by atoms with Crippen LogP contribution in [0.25, 0.3) is 0 Å². The van der Waals surface area contributed by atoms with Gasteiger partial charge in [-0.1, -0.05) is 0 Å². The van der Waals surface area contributed by atoms with Crippen LogP contribution in [0.4, 0.5) is 5.82 Å². The van der Waals surface area contributed by atoms with Crippen LogP contribution in [0.1, 0.15) is 30.3 Å². The highest BCUT2D eigenvalue weighted by atomic mass is 79.9. The molecule has 1 aliphatic carbocycles. The molecule has 0 radical (unpaired) electrons. The summed E-state index contributed by atoms with van der Waals surface area (Å²) in [6.45, 7) is 2.88. The van der Waals surface area contributed by atoms with E-state index in [1.54, 1.807) is 11.6 Å². The van der Waals surface area contributed by atoms with Crippen molar-refractivity contribution < 1.29 is 9.53 Å². The van der Waals surface area contributed by atoms with Crippen LogP contribution in [0, 0.1) is 5.92 Å². The summed E-state index contributed by atoms with van der Waals surface area (Å²) in [7, 11) is 0. The number of halogens is 1. The molecule has 5 nitrogen and oxygen atoms in total. The van der Waals surface area contributed by atoms with Crippen molar-refractivity contribution in [3.05, 3.63) is 10.2 Å². The second-order valence-electron chi connectivity index (χ2n) is 3.89. The van der Waals surface area contributed by atoms with Gasteiger partial charge in [0.25, 0.3) is 0 Å². The van der Waals surface area contributed by atoms with E-state index in [1.165, 1.54) is 12.8 Å². The van der Waals surface area contributed by atoms with E-state index in [0.29, 0.717) is 22.8 Å². The minimum atomic E-state index is -0.435. The summed E-state index contributed by atoms with van der Waals surface area (Å²) < 4.78 is 7.11. The van der Waals surface area contributed by atoms with Gasteiger partial charge in [-0.15, -0.1) is 0 Å². The van der Waals surface area contributed by atoms with Crippen molar-refractivity contribution in [2.24, 2.45) is 5.92 Å². The molecule has 6 heteroatoms. The maximum Gasteiger partial charge on any atom is 0.360 e. The zero-order chi connectivity index (χ0) is 11.7. The molecule has 0 spiro atoms. The number of nitrogens with two attached hydrogens (primary N) is 1. The van der Waals surface area contributed by atoms with Gasteiger partial charge >= 0.3 is 5.97 Å². The second kappa shape index (κ2) is 4.45. The first-order chi connectivity index (χ1) is 7.63. The summed E-state index contributed by atoms with van der Waals surface area (Å²) in [5.41, 5.74) is 6.12. The summed E-state index contributed by atoms with van der Waals surface area (Å²) in [6, 6.07) is 0. The number of ether oxygens (including phenoxy) is 1. The highest BCUT2D eigenvalue weighted by molar-refractivity contribution is 9.10. The van der Waals surface area contributed by atoms with E-state index >= 15 is 0 Å². The van der Waals surface area contributed by atoms with Crippen molar-refractivity contribution in [2.75, 3.05) is 12.3 Å². The molecule has 1 saturated carbocycles. The lowest BCUT2D eigenvalue weighted by Crippen LogP contribution is -2.09. The van der Waals surface area contributed by atoms with Gasteiger partial charge in [0.05, 0.1) is 11.1 Å². The van der Waals surface area contributed by atoms with Crippen LogP contribution in [0.15, 0.2) is 4.47 Å². The number of hydrogen-bond donors (Lipinski definition) is 1. The quantitative estimate of drug-likeness (QED) is 0.858. The van der Waals surface area contributed by atoms with Crippen LogP contribution >= 0.6 is 15.9 Å². The lowest BCUT2D eigenvalue weighted by atomic mass is 10.4. The molecule has 2 rings (SSSR count). The van der Waals surface area contributed by atoms with Crippen molar-refractivity contribution in [1.82, 2.24) is 9.78 Å². The average Bonchev–Trinajstić information content (AvgIpc) is 3.01. The lowest BCUT2D eigenvalue weighted by molar-refractivity contribution is 0.0517. The third-order valence-electron chi connectivity index (χ3n) is 2.53. The fraction of sp³-hybridized carbons (Fsp3) is 0.600. The fourth-order valence-electron chi connectivity index (χ4n) is 1.47. The van der Waals surface area contributed by atoms with Gasteiger partial charge in [0.1, 0.15) is 5.82 Å². The van der Waals surface area contributed by atoms with Crippen molar-refractivity contribution in [2.45, 2.75) is 26.3 Å². The summed E-state index contributed by atoms with van der Waals surface area (Å²) >= 11 is 3.27. The number of nitrogens with zero attached hydrogens (tertiary/aromatic N) is 2. The van der Waals surface area contributed by atoms with E-state index in [4.69, 9.17) is 10.5 Å². The Balaban J connectivity index is 2.21. The Morgan fingerprint density at radius 3 is 2.94 bits per heavy atom. The molecule has 0 bridgehead atoms. The molecule has 0 amide bonds. The van der Waals surface area contributed by atoms with Gasteiger partial charge in [-0.05, 0) is 41.6 Å². The van der Waals surface area contributed by atoms with Gasteiger partial charge in [0.15, 0.2) is 5.69 Å². The molecule has 0 aromatic carbocycles. The Morgan fingerprint density at radius 2 is 2.38 bits per heavy atom. The maximum absolute atomic E-state index is 11.5. The molecule has 1 fully saturated rings. The molecule has 1 aromatic rings. The van der Waals surface area contributed by atoms with Gasteiger partial charge in [-0.25, -0.2) is 9.48 Å². The Kier molecular flexibility index (Phi) is 3.18. The molecule has 88 valence electrons. The number of rotatable bonds is 4. The van der Waals surface area contributed by atoms with Gasteiger partial charge in [0, 0.05) is 6.54 Å². The van der Waals surface area contributed by atoms with Crippen molar-refractivity contribution in [3.8, 4) is 0 Å². The van der Waals surface area contributed by atoms with E-state index in [0.717, 1.165) is 6.54 Å². The third-order valence-corrected chi connectivity index (χ3v) is 3.31. The number of carbonyl (C=O) groups excluding carboxylic acids is 1. The lowest BCUT2D eigenvalue weighted by Gasteiger charge is -2.00. The molecule has 0 aliphatic heterocycles. The zero-order valence-electron chi connectivity index (χ0n) is 9.07. The Bertz CT molecular complexity index is 412. The number of aromatic nitrogens is 2. The normalized spacial score (nSPS) is 15.1. The molecular weight excluding hydrogens is 274 g/mol. The zero-order valence-corrected chi connectivity index (χ0v) is 10.7. The predicted molar refractivity (Wildman–Crippen MR) is 63.0 cm³/mol. The number of carbonyl (C=O) groups is 1. The molecule has 0 atom stereocenters. The van der Waals surface area contributed by atoms with E-state index < -0.39 is 5.97 Å². The van der Waals surface area contributed by atoms with E-state index in [-0.39, 0.29) is 5.69 Å². The summed E-state index contributed by atoms with van der Waals surface area (Å²) in [6.07, 6.45) is 2.43. The highest BCUT2D eigenvalue weighted by Crippen LogP contribution is 2.33. The van der Waals surface area contributed by atoms with Crippen LogP contribution < -0.4 is 5.73 Å². The number of anilines is 1. The van der Waals surface area contributed by atoms with Gasteiger partial charge < -0.3 is 10.5 Å². The summed E-state index contributed by atoms with van der Waals surface area (Å²) in [5, 5.41) is 4.18. The highest BCUT2D eigenvalue weighted by Gasteiger charge is 2.26. The Labute approximate surface area is 102 Å². The Morgan fingerprint density at radius 1 is 1.69 bits per heavy atom. The summed E-state index contributed by atoms with van der Waals surface area (Å²) in [4.78, 5) is 11.5. The SMILES string of the molecule is CCOC(=O)c1nn(CC2CC2)c(N)c1Br. The number of hydrogen-bond acceptors (Lipinski definition) is 4. The molecule has 1 aliphatic rings. The van der Waals surface area contributed by atoms with Crippen LogP contribution in [0.2, 0.25) is 0 Å². The molecule has 2 N–H and O–H groups in total. The molecule has 0 unspecified atom stereocenters. The molecule has 1 aromatic heterocycles. The molecule has 0 saturated heterocycles. The van der Waals surface area contributed by atoms with Gasteiger partial charge in [0.2, 0.25) is 0 Å². The first-order valence-corrected chi connectivity index (χ1v) is 6.11. The summed E-state index contributed by atoms with van der Waals surface area (Å²) in [5.74, 6) is 0.717.